The lowest BCUT2D eigenvalue weighted by Gasteiger charge is -2.09. The largest absolute Gasteiger partial charge is 0.376 e. The van der Waals surface area contributed by atoms with Crippen LogP contribution in [0, 0.1) is 0 Å². The minimum atomic E-state index is -0.113. The second kappa shape index (κ2) is 8.54. The Bertz CT molecular complexity index is 1100. The van der Waals surface area contributed by atoms with E-state index < -0.39 is 0 Å². The third-order valence-electron chi connectivity index (χ3n) is 4.32. The van der Waals surface area contributed by atoms with Gasteiger partial charge in [-0.3, -0.25) is 4.79 Å². The van der Waals surface area contributed by atoms with E-state index in [4.69, 9.17) is 0 Å². The summed E-state index contributed by atoms with van der Waals surface area (Å²) in [6.07, 6.45) is 2.62. The van der Waals surface area contributed by atoms with Gasteiger partial charge in [-0.15, -0.1) is 11.3 Å². The Morgan fingerprint density at radius 1 is 1.00 bits per heavy atom. The summed E-state index contributed by atoms with van der Waals surface area (Å²) < 4.78 is 1.06. The molecule has 0 aliphatic heterocycles. The highest BCUT2D eigenvalue weighted by molar-refractivity contribution is 9.10. The topological polar surface area (TPSA) is 54.0 Å². The van der Waals surface area contributed by atoms with Crippen molar-refractivity contribution < 1.29 is 4.79 Å². The molecule has 140 valence electrons. The predicted molar refractivity (Wildman–Crippen MR) is 120 cm³/mol. The van der Waals surface area contributed by atoms with E-state index in [1.807, 2.05) is 48.7 Å². The molecule has 6 heteroatoms. The first-order chi connectivity index (χ1) is 13.7. The number of thiazole rings is 1. The molecule has 0 bridgehead atoms. The number of halogens is 1. The molecule has 0 radical (unpaired) electrons. The van der Waals surface area contributed by atoms with Crippen LogP contribution in [0.3, 0.4) is 0 Å². The highest BCUT2D eigenvalue weighted by atomic mass is 79.9. The molecule has 0 unspecified atom stereocenters. The standard InChI is InChI=1S/C22H18BrN3OS/c23-17-10-8-15(9-11-17)12-18-13-25-22(28-18)26-21(27)14-24-20-7-3-5-16-4-1-2-6-19(16)20/h1-11,13,24H,12,14H2,(H,25,26,27). The van der Waals surface area contributed by atoms with E-state index >= 15 is 0 Å². The van der Waals surface area contributed by atoms with Gasteiger partial charge in [-0.2, -0.15) is 0 Å². The van der Waals surface area contributed by atoms with E-state index in [2.05, 4.69) is 55.8 Å². The number of rotatable bonds is 6. The van der Waals surface area contributed by atoms with Gasteiger partial charge in [0, 0.05) is 33.0 Å². The molecular formula is C22H18BrN3OS. The third kappa shape index (κ3) is 4.58. The average Bonchev–Trinajstić information content (AvgIpc) is 3.15. The number of anilines is 2. The van der Waals surface area contributed by atoms with Crippen molar-refractivity contribution in [3.63, 3.8) is 0 Å². The zero-order chi connectivity index (χ0) is 19.3. The summed E-state index contributed by atoms with van der Waals surface area (Å²) in [5.74, 6) is -0.113. The van der Waals surface area contributed by atoms with Crippen LogP contribution < -0.4 is 10.6 Å². The Balaban J connectivity index is 1.35. The lowest BCUT2D eigenvalue weighted by Crippen LogP contribution is -2.21. The van der Waals surface area contributed by atoms with Crippen LogP contribution in [0.1, 0.15) is 10.4 Å². The van der Waals surface area contributed by atoms with Crippen molar-refractivity contribution in [2.45, 2.75) is 6.42 Å². The molecule has 4 rings (SSSR count). The van der Waals surface area contributed by atoms with Gasteiger partial charge in [0.05, 0.1) is 6.54 Å². The summed E-state index contributed by atoms with van der Waals surface area (Å²) in [5, 5.41) is 8.96. The molecule has 1 aromatic heterocycles. The molecule has 1 amide bonds. The molecule has 3 aromatic carbocycles. The van der Waals surface area contributed by atoms with E-state index in [0.717, 1.165) is 32.2 Å². The molecule has 0 fully saturated rings. The number of hydrogen-bond acceptors (Lipinski definition) is 4. The molecule has 0 spiro atoms. The van der Waals surface area contributed by atoms with Crippen molar-refractivity contribution in [1.82, 2.24) is 4.98 Å². The Kier molecular flexibility index (Phi) is 5.69. The van der Waals surface area contributed by atoms with Gasteiger partial charge in [-0.05, 0) is 29.1 Å². The number of hydrogen-bond donors (Lipinski definition) is 2. The Morgan fingerprint density at radius 2 is 1.79 bits per heavy atom. The number of carbonyl (C=O) groups excluding carboxylic acids is 1. The third-order valence-corrected chi connectivity index (χ3v) is 5.76. The van der Waals surface area contributed by atoms with Crippen LogP contribution in [0.25, 0.3) is 10.8 Å². The number of nitrogens with one attached hydrogen (secondary N) is 2. The van der Waals surface area contributed by atoms with Crippen LogP contribution >= 0.6 is 27.3 Å². The first-order valence-corrected chi connectivity index (χ1v) is 10.5. The number of carbonyl (C=O) groups is 1. The van der Waals surface area contributed by atoms with Crippen LogP contribution in [0.5, 0.6) is 0 Å². The minimum absolute atomic E-state index is 0.113. The summed E-state index contributed by atoms with van der Waals surface area (Å²) in [6.45, 7) is 0.190. The fourth-order valence-electron chi connectivity index (χ4n) is 2.97. The highest BCUT2D eigenvalue weighted by Gasteiger charge is 2.08. The van der Waals surface area contributed by atoms with E-state index in [1.165, 1.54) is 16.9 Å². The zero-order valence-electron chi connectivity index (χ0n) is 15.0. The number of nitrogens with zero attached hydrogens (tertiary/aromatic N) is 1. The fraction of sp³-hybridized carbons (Fsp3) is 0.0909. The molecule has 0 saturated heterocycles. The van der Waals surface area contributed by atoms with E-state index in [-0.39, 0.29) is 12.5 Å². The molecule has 4 aromatic rings. The lowest BCUT2D eigenvalue weighted by atomic mass is 10.1. The van der Waals surface area contributed by atoms with Crippen molar-refractivity contribution in [3.8, 4) is 0 Å². The van der Waals surface area contributed by atoms with E-state index in [1.54, 1.807) is 0 Å². The number of benzene rings is 3. The van der Waals surface area contributed by atoms with Gasteiger partial charge >= 0.3 is 0 Å². The predicted octanol–water partition coefficient (Wildman–Crippen LogP) is 5.70. The maximum absolute atomic E-state index is 12.3. The Labute approximate surface area is 175 Å². The number of aromatic nitrogens is 1. The van der Waals surface area contributed by atoms with Crippen molar-refractivity contribution in [1.29, 1.82) is 0 Å². The number of amides is 1. The second-order valence-corrected chi connectivity index (χ2v) is 8.39. The van der Waals surface area contributed by atoms with Gasteiger partial charge in [0.2, 0.25) is 5.91 Å². The van der Waals surface area contributed by atoms with Crippen LogP contribution in [0.4, 0.5) is 10.8 Å². The highest BCUT2D eigenvalue weighted by Crippen LogP contribution is 2.24. The molecule has 2 N–H and O–H groups in total. The molecule has 0 atom stereocenters. The summed E-state index contributed by atoms with van der Waals surface area (Å²) in [6, 6.07) is 22.3. The SMILES string of the molecule is O=C(CNc1cccc2ccccc12)Nc1ncc(Cc2ccc(Br)cc2)s1. The fourth-order valence-corrected chi connectivity index (χ4v) is 4.10. The maximum Gasteiger partial charge on any atom is 0.245 e. The molecule has 0 saturated carbocycles. The first kappa shape index (κ1) is 18.7. The Morgan fingerprint density at radius 3 is 2.64 bits per heavy atom. The summed E-state index contributed by atoms with van der Waals surface area (Å²) in [7, 11) is 0. The van der Waals surface area contributed by atoms with Gasteiger partial charge in [0.15, 0.2) is 5.13 Å². The molecule has 4 nitrogen and oxygen atoms in total. The molecular weight excluding hydrogens is 434 g/mol. The minimum Gasteiger partial charge on any atom is -0.376 e. The van der Waals surface area contributed by atoms with Gasteiger partial charge in [-0.1, -0.05) is 64.5 Å². The summed E-state index contributed by atoms with van der Waals surface area (Å²) in [4.78, 5) is 17.7. The van der Waals surface area contributed by atoms with Crippen molar-refractivity contribution in [2.24, 2.45) is 0 Å². The monoisotopic (exact) mass is 451 g/mol. The van der Waals surface area contributed by atoms with Crippen molar-refractivity contribution in [3.05, 3.63) is 87.8 Å². The van der Waals surface area contributed by atoms with Gasteiger partial charge in [0.1, 0.15) is 0 Å². The van der Waals surface area contributed by atoms with Gasteiger partial charge in [-0.25, -0.2) is 4.98 Å². The van der Waals surface area contributed by atoms with Crippen molar-refractivity contribution in [2.75, 3.05) is 17.2 Å². The summed E-state index contributed by atoms with van der Waals surface area (Å²) in [5.41, 5.74) is 2.16. The molecule has 28 heavy (non-hydrogen) atoms. The van der Waals surface area contributed by atoms with Crippen LogP contribution in [-0.4, -0.2) is 17.4 Å². The van der Waals surface area contributed by atoms with Gasteiger partial charge in [0.25, 0.3) is 0 Å². The normalized spacial score (nSPS) is 10.8. The van der Waals surface area contributed by atoms with Gasteiger partial charge < -0.3 is 10.6 Å². The first-order valence-electron chi connectivity index (χ1n) is 8.88. The molecule has 0 aliphatic carbocycles. The van der Waals surface area contributed by atoms with Crippen LogP contribution in [-0.2, 0) is 11.2 Å². The Hall–Kier alpha value is -2.70. The van der Waals surface area contributed by atoms with E-state index in [0.29, 0.717) is 5.13 Å². The van der Waals surface area contributed by atoms with E-state index in [9.17, 15) is 4.79 Å². The van der Waals surface area contributed by atoms with Crippen molar-refractivity contribution >= 4 is 54.8 Å². The van der Waals surface area contributed by atoms with Crippen LogP contribution in [0.15, 0.2) is 77.4 Å². The molecule has 0 aliphatic rings. The second-order valence-electron chi connectivity index (χ2n) is 6.36. The molecule has 1 heterocycles. The lowest BCUT2D eigenvalue weighted by molar-refractivity contribution is -0.114. The summed E-state index contributed by atoms with van der Waals surface area (Å²) >= 11 is 4.95. The van der Waals surface area contributed by atoms with Crippen LogP contribution in [0.2, 0.25) is 0 Å². The average molecular weight is 452 g/mol. The zero-order valence-corrected chi connectivity index (χ0v) is 17.4. The number of fused-ring (bicyclic) bond motifs is 1. The maximum atomic E-state index is 12.3. The smallest absolute Gasteiger partial charge is 0.245 e. The quantitative estimate of drug-likeness (QED) is 0.395.